The largest absolute Gasteiger partial charge is 0.472 e. The SMILES string of the molecule is CC(c1cccnc1NC(=O)OC(C)(C)C)N1C[C@H](C)Oc2nc(Cl)c(F)c3nc(S(C)(=O)=O)nc1c23. The van der Waals surface area contributed by atoms with Crippen molar-refractivity contribution < 1.29 is 27.1 Å². The molecule has 198 valence electrons. The van der Waals surface area contributed by atoms with E-state index < -0.39 is 49.8 Å². The van der Waals surface area contributed by atoms with E-state index in [1.807, 2.05) is 6.92 Å². The predicted octanol–water partition coefficient (Wildman–Crippen LogP) is 4.31. The lowest BCUT2D eigenvalue weighted by atomic mass is 10.1. The number of nitrogens with zero attached hydrogens (tertiary/aromatic N) is 5. The van der Waals surface area contributed by atoms with Gasteiger partial charge in [-0.05, 0) is 40.7 Å². The van der Waals surface area contributed by atoms with Crippen molar-refractivity contribution in [3.63, 3.8) is 0 Å². The molecule has 1 aliphatic rings. The molecule has 1 amide bonds. The fraction of sp³-hybridized carbons (Fsp3) is 0.435. The van der Waals surface area contributed by atoms with E-state index in [1.165, 1.54) is 6.20 Å². The Morgan fingerprint density at radius 2 is 2.03 bits per heavy atom. The highest BCUT2D eigenvalue weighted by atomic mass is 35.5. The first-order valence-corrected chi connectivity index (χ1v) is 13.6. The van der Waals surface area contributed by atoms with Gasteiger partial charge in [-0.1, -0.05) is 17.7 Å². The number of anilines is 2. The topological polar surface area (TPSA) is 136 Å². The Morgan fingerprint density at radius 3 is 2.68 bits per heavy atom. The third kappa shape index (κ3) is 5.52. The predicted molar refractivity (Wildman–Crippen MR) is 135 cm³/mol. The first-order chi connectivity index (χ1) is 17.2. The van der Waals surface area contributed by atoms with Crippen LogP contribution in [0.2, 0.25) is 5.15 Å². The lowest BCUT2D eigenvalue weighted by Crippen LogP contribution is -2.36. The summed E-state index contributed by atoms with van der Waals surface area (Å²) in [5, 5.41) is 1.66. The van der Waals surface area contributed by atoms with Crippen LogP contribution in [0, 0.1) is 5.82 Å². The van der Waals surface area contributed by atoms with E-state index in [4.69, 9.17) is 21.1 Å². The summed E-state index contributed by atoms with van der Waals surface area (Å²) in [4.78, 5) is 30.8. The molecule has 0 bridgehead atoms. The van der Waals surface area contributed by atoms with E-state index >= 15 is 4.39 Å². The van der Waals surface area contributed by atoms with E-state index in [1.54, 1.807) is 44.7 Å². The van der Waals surface area contributed by atoms with Crippen molar-refractivity contribution in [2.45, 2.75) is 57.5 Å². The Bertz CT molecular complexity index is 1500. The second kappa shape index (κ2) is 9.53. The zero-order chi connectivity index (χ0) is 27.3. The fourth-order valence-corrected chi connectivity index (χ4v) is 4.57. The molecule has 3 aromatic heterocycles. The first-order valence-electron chi connectivity index (χ1n) is 11.3. The molecule has 2 atom stereocenters. The van der Waals surface area contributed by atoms with Crippen molar-refractivity contribution in [1.29, 1.82) is 0 Å². The van der Waals surface area contributed by atoms with Gasteiger partial charge in [0.15, 0.2) is 11.0 Å². The molecule has 0 fully saturated rings. The van der Waals surface area contributed by atoms with Crippen LogP contribution in [0.25, 0.3) is 10.9 Å². The molecule has 0 spiro atoms. The molecule has 1 N–H and O–H groups in total. The molecule has 0 radical (unpaired) electrons. The summed E-state index contributed by atoms with van der Waals surface area (Å²) in [6, 6.07) is 2.88. The Morgan fingerprint density at radius 1 is 1.32 bits per heavy atom. The summed E-state index contributed by atoms with van der Waals surface area (Å²) in [5.74, 6) is -0.686. The summed E-state index contributed by atoms with van der Waals surface area (Å²) in [6.07, 6.45) is 1.26. The number of halogens is 2. The summed E-state index contributed by atoms with van der Waals surface area (Å²) in [7, 11) is -3.93. The quantitative estimate of drug-likeness (QED) is 0.368. The van der Waals surface area contributed by atoms with Crippen LogP contribution in [0.15, 0.2) is 23.5 Å². The Labute approximate surface area is 218 Å². The second-order valence-electron chi connectivity index (χ2n) is 9.67. The van der Waals surface area contributed by atoms with Crippen LogP contribution in [0.1, 0.15) is 46.2 Å². The number of rotatable bonds is 4. The standard InChI is InChI=1S/C23H26ClFN6O5S/c1-11-10-31(12(2)13-8-7-9-26-18(13)29-22(32)36-23(3,4)5)19-14-16(27-21(30-19)37(6,33)34)15(25)17(24)28-20(14)35-11/h7-9,11-12H,10H2,1-6H3,(H,26,29,32)/t11-,12?/m0/s1. The molecule has 1 unspecified atom stereocenters. The summed E-state index contributed by atoms with van der Waals surface area (Å²) >= 11 is 5.98. The highest BCUT2D eigenvalue weighted by molar-refractivity contribution is 7.90. The van der Waals surface area contributed by atoms with Gasteiger partial charge in [-0.25, -0.2) is 32.6 Å². The molecule has 0 aromatic carbocycles. The molecule has 0 saturated heterocycles. The molecule has 4 rings (SSSR count). The lowest BCUT2D eigenvalue weighted by molar-refractivity contribution is 0.0635. The van der Waals surface area contributed by atoms with E-state index in [0.29, 0.717) is 5.56 Å². The van der Waals surface area contributed by atoms with Crippen LogP contribution in [0.4, 0.5) is 20.8 Å². The van der Waals surface area contributed by atoms with Gasteiger partial charge < -0.3 is 14.4 Å². The van der Waals surface area contributed by atoms with Crippen LogP contribution in [-0.2, 0) is 14.6 Å². The molecular weight excluding hydrogens is 527 g/mol. The van der Waals surface area contributed by atoms with Crippen LogP contribution in [-0.4, -0.2) is 59.0 Å². The number of hydrogen-bond donors (Lipinski definition) is 1. The number of ether oxygens (including phenoxy) is 2. The van der Waals surface area contributed by atoms with Gasteiger partial charge in [0.2, 0.25) is 20.9 Å². The molecule has 37 heavy (non-hydrogen) atoms. The van der Waals surface area contributed by atoms with E-state index in [2.05, 4.69) is 25.3 Å². The summed E-state index contributed by atoms with van der Waals surface area (Å²) < 4.78 is 51.2. The van der Waals surface area contributed by atoms with Crippen LogP contribution in [0.5, 0.6) is 5.88 Å². The van der Waals surface area contributed by atoms with E-state index in [0.717, 1.165) is 6.26 Å². The van der Waals surface area contributed by atoms with Gasteiger partial charge in [-0.3, -0.25) is 5.32 Å². The van der Waals surface area contributed by atoms with Crippen molar-refractivity contribution in [2.24, 2.45) is 0 Å². The highest BCUT2D eigenvalue weighted by Crippen LogP contribution is 2.41. The maximum absolute atomic E-state index is 15.1. The Balaban J connectivity index is 1.89. The van der Waals surface area contributed by atoms with Gasteiger partial charge in [-0.2, -0.15) is 4.98 Å². The average Bonchev–Trinajstić information content (AvgIpc) is 2.91. The number of pyridine rings is 2. The van der Waals surface area contributed by atoms with Crippen LogP contribution >= 0.6 is 11.6 Å². The number of carbonyl (C=O) groups excluding carboxylic acids is 1. The first kappa shape index (κ1) is 26.7. The molecule has 0 saturated carbocycles. The number of aromatic nitrogens is 4. The smallest absolute Gasteiger partial charge is 0.413 e. The zero-order valence-corrected chi connectivity index (χ0v) is 22.6. The Hall–Kier alpha value is -3.32. The van der Waals surface area contributed by atoms with Crippen molar-refractivity contribution in [2.75, 3.05) is 23.0 Å². The van der Waals surface area contributed by atoms with Crippen LogP contribution in [0.3, 0.4) is 0 Å². The van der Waals surface area contributed by atoms with Gasteiger partial charge in [-0.15, -0.1) is 0 Å². The van der Waals surface area contributed by atoms with Crippen molar-refractivity contribution in [3.05, 3.63) is 34.9 Å². The number of amides is 1. The van der Waals surface area contributed by atoms with Gasteiger partial charge in [0.05, 0.1) is 12.6 Å². The van der Waals surface area contributed by atoms with E-state index in [9.17, 15) is 13.2 Å². The molecule has 4 heterocycles. The minimum Gasteiger partial charge on any atom is -0.472 e. The number of sulfone groups is 1. The van der Waals surface area contributed by atoms with Gasteiger partial charge in [0.1, 0.15) is 34.2 Å². The molecular formula is C23H26ClFN6O5S. The maximum atomic E-state index is 15.1. The average molecular weight is 553 g/mol. The minimum atomic E-state index is -3.93. The third-order valence-corrected chi connectivity index (χ3v) is 6.51. The molecule has 3 aromatic rings. The summed E-state index contributed by atoms with van der Waals surface area (Å²) in [5.41, 5.74) is -0.483. The van der Waals surface area contributed by atoms with Gasteiger partial charge in [0, 0.05) is 18.0 Å². The van der Waals surface area contributed by atoms with Crippen molar-refractivity contribution in [1.82, 2.24) is 19.9 Å². The zero-order valence-electron chi connectivity index (χ0n) is 21.0. The minimum absolute atomic E-state index is 0.0167. The van der Waals surface area contributed by atoms with E-state index in [-0.39, 0.29) is 35.0 Å². The van der Waals surface area contributed by atoms with Gasteiger partial charge >= 0.3 is 6.09 Å². The maximum Gasteiger partial charge on any atom is 0.413 e. The normalized spacial score (nSPS) is 16.6. The third-order valence-electron chi connectivity index (χ3n) is 5.42. The molecule has 0 aliphatic carbocycles. The lowest BCUT2D eigenvalue weighted by Gasteiger charge is -2.32. The number of hydrogen-bond acceptors (Lipinski definition) is 10. The van der Waals surface area contributed by atoms with Crippen LogP contribution < -0.4 is 15.0 Å². The molecule has 1 aliphatic heterocycles. The Kier molecular flexibility index (Phi) is 6.88. The highest BCUT2D eigenvalue weighted by Gasteiger charge is 2.34. The molecule has 11 nitrogen and oxygen atoms in total. The molecule has 14 heteroatoms. The number of nitrogens with one attached hydrogen (secondary N) is 1. The van der Waals surface area contributed by atoms with Gasteiger partial charge in [0.25, 0.3) is 0 Å². The fourth-order valence-electron chi connectivity index (χ4n) is 3.90. The van der Waals surface area contributed by atoms with Crippen molar-refractivity contribution >= 4 is 50.1 Å². The summed E-state index contributed by atoms with van der Waals surface area (Å²) in [6.45, 7) is 9.00. The number of carbonyl (C=O) groups is 1. The monoisotopic (exact) mass is 552 g/mol. The second-order valence-corrected chi connectivity index (χ2v) is 11.9. The van der Waals surface area contributed by atoms with Crippen molar-refractivity contribution in [3.8, 4) is 5.88 Å².